The molecule has 0 radical (unpaired) electrons. The van der Waals surface area contributed by atoms with E-state index in [0.29, 0.717) is 18.0 Å². The van der Waals surface area contributed by atoms with Crippen LogP contribution in [0.15, 0.2) is 48.5 Å². The number of hydrogen-bond donors (Lipinski definition) is 2. The van der Waals surface area contributed by atoms with E-state index < -0.39 is 0 Å². The van der Waals surface area contributed by atoms with Gasteiger partial charge in [0.15, 0.2) is 0 Å². The minimum absolute atomic E-state index is 0.0967. The Balaban J connectivity index is 2.10. The molecule has 0 saturated heterocycles. The number of methoxy groups -OCH3 is 2. The second-order valence-electron chi connectivity index (χ2n) is 5.91. The highest BCUT2D eigenvalue weighted by Gasteiger charge is 2.19. The molecule has 2 N–H and O–H groups in total. The number of carbonyl (C=O) groups excluding carboxylic acids is 1. The molecule has 2 aromatic carbocycles. The summed E-state index contributed by atoms with van der Waals surface area (Å²) in [7, 11) is 3.18. The molecule has 0 bridgehead atoms. The van der Waals surface area contributed by atoms with Crippen LogP contribution in [0.1, 0.15) is 24.1 Å². The van der Waals surface area contributed by atoms with E-state index in [1.807, 2.05) is 49.4 Å². The van der Waals surface area contributed by atoms with Gasteiger partial charge in [-0.3, -0.25) is 0 Å². The molecule has 0 aliphatic rings. The van der Waals surface area contributed by atoms with Crippen molar-refractivity contribution >= 4 is 6.03 Å². The molecule has 2 rings (SSSR count). The maximum Gasteiger partial charge on any atom is 0.318 e. The van der Waals surface area contributed by atoms with Gasteiger partial charge < -0.3 is 24.8 Å². The van der Waals surface area contributed by atoms with Crippen molar-refractivity contribution in [3.63, 3.8) is 0 Å². The molecule has 6 heteroatoms. The molecule has 0 aliphatic heterocycles. The average molecular weight is 358 g/mol. The SMILES string of the molecule is COc1ccc(C(C)NC(=O)N(CCO)Cc2ccccc2)c(OC)c1. The summed E-state index contributed by atoms with van der Waals surface area (Å²) in [6.45, 7) is 2.48. The Labute approximate surface area is 154 Å². The van der Waals surface area contributed by atoms with Gasteiger partial charge in [-0.1, -0.05) is 30.3 Å². The smallest absolute Gasteiger partial charge is 0.318 e. The van der Waals surface area contributed by atoms with E-state index in [1.54, 1.807) is 25.2 Å². The van der Waals surface area contributed by atoms with Crippen LogP contribution in [-0.4, -0.2) is 43.4 Å². The molecule has 6 nitrogen and oxygen atoms in total. The van der Waals surface area contributed by atoms with Crippen molar-refractivity contribution in [2.75, 3.05) is 27.4 Å². The Kier molecular flexibility index (Phi) is 7.29. The van der Waals surface area contributed by atoms with Crippen LogP contribution in [0.2, 0.25) is 0 Å². The minimum Gasteiger partial charge on any atom is -0.497 e. The highest BCUT2D eigenvalue weighted by Crippen LogP contribution is 2.29. The highest BCUT2D eigenvalue weighted by atomic mass is 16.5. The van der Waals surface area contributed by atoms with Crippen LogP contribution in [-0.2, 0) is 6.54 Å². The third kappa shape index (κ3) is 5.13. The summed E-state index contributed by atoms with van der Waals surface area (Å²) in [4.78, 5) is 14.3. The van der Waals surface area contributed by atoms with Gasteiger partial charge in [0, 0.05) is 24.7 Å². The van der Waals surface area contributed by atoms with Crippen LogP contribution in [0, 0.1) is 0 Å². The van der Waals surface area contributed by atoms with Gasteiger partial charge in [0.1, 0.15) is 11.5 Å². The number of amides is 2. The van der Waals surface area contributed by atoms with Crippen molar-refractivity contribution in [3.05, 3.63) is 59.7 Å². The number of urea groups is 1. The average Bonchev–Trinajstić information content (AvgIpc) is 2.67. The van der Waals surface area contributed by atoms with Gasteiger partial charge in [0.2, 0.25) is 0 Å². The van der Waals surface area contributed by atoms with E-state index in [-0.39, 0.29) is 25.2 Å². The van der Waals surface area contributed by atoms with E-state index in [9.17, 15) is 9.90 Å². The quantitative estimate of drug-likeness (QED) is 0.761. The van der Waals surface area contributed by atoms with Crippen molar-refractivity contribution in [1.29, 1.82) is 0 Å². The van der Waals surface area contributed by atoms with Gasteiger partial charge in [-0.25, -0.2) is 4.79 Å². The van der Waals surface area contributed by atoms with Gasteiger partial charge in [0.05, 0.1) is 26.9 Å². The molecule has 0 aliphatic carbocycles. The third-order valence-electron chi connectivity index (χ3n) is 4.12. The lowest BCUT2D eigenvalue weighted by atomic mass is 10.1. The number of rotatable bonds is 8. The first-order chi connectivity index (χ1) is 12.6. The van der Waals surface area contributed by atoms with E-state index in [1.165, 1.54) is 0 Å². The van der Waals surface area contributed by atoms with Crippen LogP contribution in [0.5, 0.6) is 11.5 Å². The maximum absolute atomic E-state index is 12.7. The normalized spacial score (nSPS) is 11.5. The van der Waals surface area contributed by atoms with Gasteiger partial charge >= 0.3 is 6.03 Å². The number of hydrogen-bond acceptors (Lipinski definition) is 4. The largest absolute Gasteiger partial charge is 0.497 e. The number of ether oxygens (including phenoxy) is 2. The van der Waals surface area contributed by atoms with Crippen molar-refractivity contribution in [2.45, 2.75) is 19.5 Å². The second-order valence-corrected chi connectivity index (χ2v) is 5.91. The lowest BCUT2D eigenvalue weighted by Crippen LogP contribution is -2.42. The van der Waals surface area contributed by atoms with Gasteiger partial charge in [-0.05, 0) is 24.6 Å². The fourth-order valence-corrected chi connectivity index (χ4v) is 2.71. The molecule has 1 atom stereocenters. The number of nitrogens with zero attached hydrogens (tertiary/aromatic N) is 1. The van der Waals surface area contributed by atoms with Gasteiger partial charge in [0.25, 0.3) is 0 Å². The Morgan fingerprint density at radius 2 is 1.88 bits per heavy atom. The molecule has 26 heavy (non-hydrogen) atoms. The Bertz CT molecular complexity index is 706. The fraction of sp³-hybridized carbons (Fsp3) is 0.350. The number of benzene rings is 2. The summed E-state index contributed by atoms with van der Waals surface area (Å²) in [5.74, 6) is 1.34. The third-order valence-corrected chi connectivity index (χ3v) is 4.12. The zero-order valence-corrected chi connectivity index (χ0v) is 15.4. The predicted octanol–water partition coefficient (Wildman–Crippen LogP) is 2.97. The van der Waals surface area contributed by atoms with Crippen molar-refractivity contribution < 1.29 is 19.4 Å². The van der Waals surface area contributed by atoms with E-state index >= 15 is 0 Å². The second kappa shape index (κ2) is 9.68. The summed E-state index contributed by atoms with van der Waals surface area (Å²) >= 11 is 0. The molecule has 0 spiro atoms. The van der Waals surface area contributed by atoms with Crippen LogP contribution < -0.4 is 14.8 Å². The first kappa shape index (κ1) is 19.6. The maximum atomic E-state index is 12.7. The molecule has 0 fully saturated rings. The van der Waals surface area contributed by atoms with Gasteiger partial charge in [-0.2, -0.15) is 0 Å². The lowest BCUT2D eigenvalue weighted by Gasteiger charge is -2.25. The summed E-state index contributed by atoms with van der Waals surface area (Å²) in [5, 5.41) is 12.3. The predicted molar refractivity (Wildman–Crippen MR) is 100 cm³/mol. The van der Waals surface area contributed by atoms with Crippen molar-refractivity contribution in [3.8, 4) is 11.5 Å². The summed E-state index contributed by atoms with van der Waals surface area (Å²) in [6.07, 6.45) is 0. The number of carbonyl (C=O) groups is 1. The van der Waals surface area contributed by atoms with E-state index in [0.717, 1.165) is 11.1 Å². The number of nitrogens with one attached hydrogen (secondary N) is 1. The van der Waals surface area contributed by atoms with Crippen LogP contribution in [0.4, 0.5) is 4.79 Å². The zero-order valence-electron chi connectivity index (χ0n) is 15.4. The molecule has 1 unspecified atom stereocenters. The Morgan fingerprint density at radius 1 is 1.15 bits per heavy atom. The van der Waals surface area contributed by atoms with Crippen LogP contribution in [0.3, 0.4) is 0 Å². The molecular weight excluding hydrogens is 332 g/mol. The molecule has 0 aromatic heterocycles. The first-order valence-corrected chi connectivity index (χ1v) is 8.51. The standard InChI is InChI=1S/C20H26N2O4/c1-15(18-10-9-17(25-2)13-19(18)26-3)21-20(24)22(11-12-23)14-16-7-5-4-6-8-16/h4-10,13,15,23H,11-12,14H2,1-3H3,(H,21,24). The molecule has 0 heterocycles. The highest BCUT2D eigenvalue weighted by molar-refractivity contribution is 5.75. The zero-order chi connectivity index (χ0) is 18.9. The van der Waals surface area contributed by atoms with Gasteiger partial charge in [-0.15, -0.1) is 0 Å². The van der Waals surface area contributed by atoms with E-state index in [2.05, 4.69) is 5.32 Å². The molecule has 2 amide bonds. The monoisotopic (exact) mass is 358 g/mol. The van der Waals surface area contributed by atoms with Crippen molar-refractivity contribution in [1.82, 2.24) is 10.2 Å². The van der Waals surface area contributed by atoms with Crippen LogP contribution in [0.25, 0.3) is 0 Å². The van der Waals surface area contributed by atoms with E-state index in [4.69, 9.17) is 9.47 Å². The summed E-state index contributed by atoms with van der Waals surface area (Å²) in [6, 6.07) is 14.7. The Hall–Kier alpha value is -2.73. The van der Waals surface area contributed by atoms with Crippen LogP contribution >= 0.6 is 0 Å². The molecular formula is C20H26N2O4. The first-order valence-electron chi connectivity index (χ1n) is 8.51. The topological polar surface area (TPSA) is 71.0 Å². The fourth-order valence-electron chi connectivity index (χ4n) is 2.71. The number of aliphatic hydroxyl groups is 1. The molecule has 140 valence electrons. The number of aliphatic hydroxyl groups excluding tert-OH is 1. The Morgan fingerprint density at radius 3 is 2.50 bits per heavy atom. The molecule has 2 aromatic rings. The lowest BCUT2D eigenvalue weighted by molar-refractivity contribution is 0.171. The van der Waals surface area contributed by atoms with Crippen molar-refractivity contribution in [2.24, 2.45) is 0 Å². The summed E-state index contributed by atoms with van der Waals surface area (Å²) in [5.41, 5.74) is 1.86. The summed E-state index contributed by atoms with van der Waals surface area (Å²) < 4.78 is 10.6. The minimum atomic E-state index is -0.264. The molecule has 0 saturated carbocycles.